The molecule has 0 aliphatic rings. The lowest BCUT2D eigenvalue weighted by atomic mass is 10.1. The number of hydrogen-bond donors (Lipinski definition) is 0. The van der Waals surface area contributed by atoms with Gasteiger partial charge in [-0.05, 0) is 44.5 Å². The molecule has 0 spiro atoms. The number of halogens is 1. The van der Waals surface area contributed by atoms with Gasteiger partial charge in [-0.2, -0.15) is 9.29 Å². The van der Waals surface area contributed by atoms with E-state index in [0.717, 1.165) is 16.9 Å². The summed E-state index contributed by atoms with van der Waals surface area (Å²) in [7, 11) is -3.78. The van der Waals surface area contributed by atoms with Crippen LogP contribution in [0.3, 0.4) is 0 Å². The average molecular weight is 472 g/mol. The molecule has 0 N–H and O–H groups in total. The molecule has 4 aromatic rings. The van der Waals surface area contributed by atoms with Crippen LogP contribution in [0.1, 0.15) is 26.3 Å². The summed E-state index contributed by atoms with van der Waals surface area (Å²) in [6.45, 7) is 5.85. The van der Waals surface area contributed by atoms with Crippen molar-refractivity contribution in [3.05, 3.63) is 77.4 Å². The summed E-state index contributed by atoms with van der Waals surface area (Å²) in [6.07, 6.45) is 0. The van der Waals surface area contributed by atoms with E-state index in [2.05, 4.69) is 10.1 Å². The summed E-state index contributed by atoms with van der Waals surface area (Å²) in [5.74, 6) is 0.00119. The van der Waals surface area contributed by atoms with Gasteiger partial charge in [0.05, 0.1) is 5.56 Å². The van der Waals surface area contributed by atoms with Gasteiger partial charge in [0.2, 0.25) is 5.82 Å². The molecule has 4 rings (SSSR count). The summed E-state index contributed by atoms with van der Waals surface area (Å²) in [5, 5.41) is 5.56. The molecule has 9 heteroatoms. The highest BCUT2D eigenvalue weighted by molar-refractivity contribution is 7.91. The number of sulfonamides is 1. The van der Waals surface area contributed by atoms with Crippen LogP contribution in [0, 0.1) is 5.82 Å². The van der Waals surface area contributed by atoms with E-state index in [-0.39, 0.29) is 22.5 Å². The van der Waals surface area contributed by atoms with Gasteiger partial charge in [0.1, 0.15) is 10.0 Å². The summed E-state index contributed by atoms with van der Waals surface area (Å²) < 4.78 is 47.5. The third-order valence-corrected chi connectivity index (χ3v) is 8.32. The van der Waals surface area contributed by atoms with Crippen LogP contribution in [0.5, 0.6) is 0 Å². The Morgan fingerprint density at radius 3 is 2.47 bits per heavy atom. The lowest BCUT2D eigenvalue weighted by Gasteiger charge is -2.34. The largest absolute Gasteiger partial charge is 0.334 e. The predicted molar refractivity (Wildman–Crippen MR) is 122 cm³/mol. The van der Waals surface area contributed by atoms with E-state index in [1.165, 1.54) is 22.5 Å². The Hall–Kier alpha value is -2.88. The number of hydrogen-bond acceptors (Lipinski definition) is 6. The fourth-order valence-electron chi connectivity index (χ4n) is 3.19. The molecule has 6 nitrogen and oxygen atoms in total. The average Bonchev–Trinajstić information content (AvgIpc) is 3.42. The number of nitrogens with zero attached hydrogens (tertiary/aromatic N) is 3. The van der Waals surface area contributed by atoms with E-state index in [1.807, 2.05) is 51.1 Å². The zero-order valence-electron chi connectivity index (χ0n) is 17.8. The molecule has 2 heterocycles. The van der Waals surface area contributed by atoms with Crippen molar-refractivity contribution in [2.24, 2.45) is 0 Å². The van der Waals surface area contributed by atoms with Gasteiger partial charge in [-0.3, -0.25) is 0 Å². The van der Waals surface area contributed by atoms with E-state index >= 15 is 0 Å². The molecule has 166 valence electrons. The molecule has 0 atom stereocenters. The first-order valence-electron chi connectivity index (χ1n) is 9.90. The summed E-state index contributed by atoms with van der Waals surface area (Å²) in [5.41, 5.74) is 1.25. The maximum Gasteiger partial charge on any atom is 0.259 e. The van der Waals surface area contributed by atoms with Gasteiger partial charge in [-0.1, -0.05) is 47.6 Å². The van der Waals surface area contributed by atoms with E-state index in [4.69, 9.17) is 4.52 Å². The highest BCUT2D eigenvalue weighted by Gasteiger charge is 2.35. The normalized spacial score (nSPS) is 12.4. The van der Waals surface area contributed by atoms with E-state index in [9.17, 15) is 12.8 Å². The molecular weight excluding hydrogens is 449 g/mol. The Balaban J connectivity index is 1.64. The Kier molecular flexibility index (Phi) is 5.98. The number of thiophene rings is 1. The molecule has 0 aliphatic heterocycles. The highest BCUT2D eigenvalue weighted by atomic mass is 32.2. The van der Waals surface area contributed by atoms with Crippen molar-refractivity contribution >= 4 is 21.4 Å². The first kappa shape index (κ1) is 22.3. The smallest absolute Gasteiger partial charge is 0.259 e. The third-order valence-electron chi connectivity index (χ3n) is 4.79. The minimum atomic E-state index is -3.78. The number of rotatable bonds is 6. The van der Waals surface area contributed by atoms with Gasteiger partial charge in [0.15, 0.2) is 0 Å². The second-order valence-electron chi connectivity index (χ2n) is 8.26. The Bertz CT molecular complexity index is 1330. The molecule has 0 amide bonds. The Morgan fingerprint density at radius 2 is 1.78 bits per heavy atom. The maximum atomic E-state index is 13.5. The molecule has 0 radical (unpaired) electrons. The standard InChI is InChI=1S/C23H22FN3O3S2/c1-23(2,3)27(14-16-8-5-4-6-9-16)32(28,29)20-13-18(15-31-20)22-25-21(26-30-22)17-10-7-11-19(24)12-17/h4-13,15H,14H2,1-3H3. The van der Waals surface area contributed by atoms with Gasteiger partial charge in [0, 0.05) is 23.0 Å². The van der Waals surface area contributed by atoms with Gasteiger partial charge in [-0.15, -0.1) is 11.3 Å². The third kappa shape index (κ3) is 4.64. The topological polar surface area (TPSA) is 76.3 Å². The summed E-state index contributed by atoms with van der Waals surface area (Å²) in [6, 6.07) is 16.9. The Labute approximate surface area is 190 Å². The van der Waals surface area contributed by atoms with E-state index < -0.39 is 21.4 Å². The van der Waals surface area contributed by atoms with Crippen LogP contribution >= 0.6 is 11.3 Å². The second-order valence-corrected chi connectivity index (χ2v) is 11.3. The summed E-state index contributed by atoms with van der Waals surface area (Å²) >= 11 is 1.10. The molecule has 0 bridgehead atoms. The highest BCUT2D eigenvalue weighted by Crippen LogP contribution is 2.34. The van der Waals surface area contributed by atoms with Gasteiger partial charge < -0.3 is 4.52 Å². The van der Waals surface area contributed by atoms with Crippen LogP contribution in [-0.4, -0.2) is 28.4 Å². The molecule has 0 saturated carbocycles. The zero-order valence-corrected chi connectivity index (χ0v) is 19.5. The molecule has 0 unspecified atom stereocenters. The summed E-state index contributed by atoms with van der Waals surface area (Å²) in [4.78, 5) is 4.30. The van der Waals surface area contributed by atoms with Crippen LogP contribution in [0.2, 0.25) is 0 Å². The van der Waals surface area contributed by atoms with Crippen molar-refractivity contribution in [1.29, 1.82) is 0 Å². The van der Waals surface area contributed by atoms with Crippen molar-refractivity contribution in [3.63, 3.8) is 0 Å². The first-order chi connectivity index (χ1) is 15.1. The first-order valence-corrected chi connectivity index (χ1v) is 12.2. The molecule has 0 fully saturated rings. The van der Waals surface area contributed by atoms with Crippen LogP contribution in [0.25, 0.3) is 22.8 Å². The van der Waals surface area contributed by atoms with Crippen LogP contribution in [0.4, 0.5) is 4.39 Å². The van der Waals surface area contributed by atoms with Crippen molar-refractivity contribution in [3.8, 4) is 22.8 Å². The van der Waals surface area contributed by atoms with Crippen LogP contribution < -0.4 is 0 Å². The van der Waals surface area contributed by atoms with Gasteiger partial charge >= 0.3 is 0 Å². The van der Waals surface area contributed by atoms with Crippen molar-refractivity contribution in [1.82, 2.24) is 14.4 Å². The monoisotopic (exact) mass is 471 g/mol. The predicted octanol–water partition coefficient (Wildman–Crippen LogP) is 5.59. The van der Waals surface area contributed by atoms with Crippen molar-refractivity contribution < 1.29 is 17.3 Å². The molecule has 0 saturated heterocycles. The van der Waals surface area contributed by atoms with Crippen LogP contribution in [-0.2, 0) is 16.6 Å². The van der Waals surface area contributed by atoms with Crippen molar-refractivity contribution in [2.45, 2.75) is 37.1 Å². The van der Waals surface area contributed by atoms with Crippen LogP contribution in [0.15, 0.2) is 74.8 Å². The molecule has 0 aliphatic carbocycles. The minimum absolute atomic E-state index is 0.173. The lowest BCUT2D eigenvalue weighted by molar-refractivity contribution is 0.243. The SMILES string of the molecule is CC(C)(C)N(Cc1ccccc1)S(=O)(=O)c1cc(-c2nc(-c3cccc(F)c3)no2)cs1. The second kappa shape index (κ2) is 8.57. The minimum Gasteiger partial charge on any atom is -0.334 e. The van der Waals surface area contributed by atoms with E-state index in [0.29, 0.717) is 11.1 Å². The lowest BCUT2D eigenvalue weighted by Crippen LogP contribution is -2.44. The molecule has 32 heavy (non-hydrogen) atoms. The molecule has 2 aromatic carbocycles. The van der Waals surface area contributed by atoms with E-state index in [1.54, 1.807) is 17.5 Å². The van der Waals surface area contributed by atoms with Crippen molar-refractivity contribution in [2.75, 3.05) is 0 Å². The molecular formula is C23H22FN3O3S2. The number of aromatic nitrogens is 2. The Morgan fingerprint density at radius 1 is 1.03 bits per heavy atom. The number of benzene rings is 2. The molecule has 2 aromatic heterocycles. The fraction of sp³-hybridized carbons (Fsp3) is 0.217. The quantitative estimate of drug-likeness (QED) is 0.366. The fourth-order valence-corrected chi connectivity index (χ4v) is 6.23. The van der Waals surface area contributed by atoms with Gasteiger partial charge in [-0.25, -0.2) is 12.8 Å². The van der Waals surface area contributed by atoms with Gasteiger partial charge in [0.25, 0.3) is 15.9 Å². The maximum absolute atomic E-state index is 13.5. The zero-order chi connectivity index (χ0) is 22.9.